The van der Waals surface area contributed by atoms with Crippen LogP contribution in [0.25, 0.3) is 0 Å². The van der Waals surface area contributed by atoms with Crippen LogP contribution in [0, 0.1) is 24.7 Å². The third-order valence-electron chi connectivity index (χ3n) is 4.52. The average molecular weight is 310 g/mol. The van der Waals surface area contributed by atoms with E-state index >= 15 is 0 Å². The Bertz CT molecular complexity index is 560. The lowest BCUT2D eigenvalue weighted by Crippen LogP contribution is -2.35. The molecule has 0 heterocycles. The van der Waals surface area contributed by atoms with E-state index in [0.717, 1.165) is 24.8 Å². The zero-order valence-corrected chi connectivity index (χ0v) is 14.2. The maximum atomic E-state index is 12.5. The molecule has 1 aliphatic carbocycles. The van der Waals surface area contributed by atoms with Crippen molar-refractivity contribution >= 4 is 10.1 Å². The molecule has 1 aliphatic rings. The SMILES string of the molecule is Cc1ccc(S(=O)(=O)O[C@H]2CC(C)CCC2C(C)C)cc1. The quantitative estimate of drug-likeness (QED) is 0.784. The highest BCUT2D eigenvalue weighted by Gasteiger charge is 2.35. The highest BCUT2D eigenvalue weighted by molar-refractivity contribution is 7.86. The highest BCUT2D eigenvalue weighted by Crippen LogP contribution is 2.36. The summed E-state index contributed by atoms with van der Waals surface area (Å²) in [7, 11) is -3.67. The summed E-state index contributed by atoms with van der Waals surface area (Å²) in [6, 6.07) is 6.86. The van der Waals surface area contributed by atoms with E-state index in [2.05, 4.69) is 20.8 Å². The molecule has 0 amide bonds. The minimum Gasteiger partial charge on any atom is -0.263 e. The Balaban J connectivity index is 2.19. The zero-order chi connectivity index (χ0) is 15.6. The van der Waals surface area contributed by atoms with E-state index in [9.17, 15) is 8.42 Å². The van der Waals surface area contributed by atoms with Crippen molar-refractivity contribution in [2.45, 2.75) is 58.0 Å². The van der Waals surface area contributed by atoms with Gasteiger partial charge in [-0.1, -0.05) is 44.9 Å². The number of rotatable bonds is 4. The van der Waals surface area contributed by atoms with E-state index in [-0.39, 0.29) is 11.0 Å². The number of benzene rings is 1. The molecule has 21 heavy (non-hydrogen) atoms. The van der Waals surface area contributed by atoms with Crippen molar-refractivity contribution in [2.75, 3.05) is 0 Å². The standard InChI is InChI=1S/C17H26O3S/c1-12(2)16-10-7-14(4)11-17(16)20-21(18,19)15-8-5-13(3)6-9-15/h5-6,8-9,12,14,16-17H,7,10-11H2,1-4H3/t14?,16?,17-/m0/s1. The van der Waals surface area contributed by atoms with Crippen LogP contribution in [0.1, 0.15) is 45.6 Å². The van der Waals surface area contributed by atoms with E-state index in [1.54, 1.807) is 24.3 Å². The van der Waals surface area contributed by atoms with Crippen LogP contribution < -0.4 is 0 Å². The molecule has 0 aliphatic heterocycles. The molecule has 0 spiro atoms. The third-order valence-corrected chi connectivity index (χ3v) is 5.87. The van der Waals surface area contributed by atoms with Crippen molar-refractivity contribution in [1.82, 2.24) is 0 Å². The zero-order valence-electron chi connectivity index (χ0n) is 13.4. The van der Waals surface area contributed by atoms with Gasteiger partial charge in [-0.25, -0.2) is 0 Å². The Labute approximate surface area is 128 Å². The Morgan fingerprint density at radius 3 is 2.33 bits per heavy atom. The molecule has 0 aromatic heterocycles. The minimum atomic E-state index is -3.67. The van der Waals surface area contributed by atoms with Gasteiger partial charge in [0.05, 0.1) is 11.0 Å². The Hall–Kier alpha value is -0.870. The van der Waals surface area contributed by atoms with Crippen LogP contribution in [0.4, 0.5) is 0 Å². The molecule has 1 fully saturated rings. The van der Waals surface area contributed by atoms with Crippen LogP contribution >= 0.6 is 0 Å². The van der Waals surface area contributed by atoms with E-state index < -0.39 is 10.1 Å². The second-order valence-corrected chi connectivity index (χ2v) is 8.30. The topological polar surface area (TPSA) is 43.4 Å². The van der Waals surface area contributed by atoms with Crippen molar-refractivity contribution in [3.05, 3.63) is 29.8 Å². The summed E-state index contributed by atoms with van der Waals surface area (Å²) in [5, 5.41) is 0. The number of hydrogen-bond acceptors (Lipinski definition) is 3. The molecule has 2 unspecified atom stereocenters. The lowest BCUT2D eigenvalue weighted by atomic mass is 9.75. The van der Waals surface area contributed by atoms with Crippen LogP contribution in [0.2, 0.25) is 0 Å². The molecule has 4 heteroatoms. The third kappa shape index (κ3) is 4.07. The first-order valence-electron chi connectivity index (χ1n) is 7.79. The Kier molecular flexibility index (Phi) is 5.10. The van der Waals surface area contributed by atoms with Crippen LogP contribution in [-0.4, -0.2) is 14.5 Å². The monoisotopic (exact) mass is 310 g/mol. The molecular formula is C17H26O3S. The smallest absolute Gasteiger partial charge is 0.263 e. The molecule has 0 saturated heterocycles. The fourth-order valence-corrected chi connectivity index (χ4v) is 4.28. The number of aryl methyl sites for hydroxylation is 1. The van der Waals surface area contributed by atoms with Crippen LogP contribution in [0.15, 0.2) is 29.2 Å². The van der Waals surface area contributed by atoms with Gasteiger partial charge in [-0.3, -0.25) is 4.18 Å². The highest BCUT2D eigenvalue weighted by atomic mass is 32.2. The van der Waals surface area contributed by atoms with Gasteiger partial charge in [-0.2, -0.15) is 8.42 Å². The summed E-state index contributed by atoms with van der Waals surface area (Å²) in [4.78, 5) is 0.258. The summed E-state index contributed by atoms with van der Waals surface area (Å²) in [6.45, 7) is 8.41. The first-order valence-corrected chi connectivity index (χ1v) is 9.20. The van der Waals surface area contributed by atoms with Gasteiger partial charge < -0.3 is 0 Å². The Morgan fingerprint density at radius 1 is 1.14 bits per heavy atom. The van der Waals surface area contributed by atoms with Gasteiger partial charge in [0, 0.05) is 0 Å². The van der Waals surface area contributed by atoms with Gasteiger partial charge in [-0.05, 0) is 49.7 Å². The predicted octanol–water partition coefficient (Wildman–Crippen LogP) is 4.16. The molecular weight excluding hydrogens is 284 g/mol. The molecule has 0 N–H and O–H groups in total. The molecule has 0 radical (unpaired) electrons. The fraction of sp³-hybridized carbons (Fsp3) is 0.647. The van der Waals surface area contributed by atoms with Gasteiger partial charge in [0.2, 0.25) is 0 Å². The summed E-state index contributed by atoms with van der Waals surface area (Å²) in [6.07, 6.45) is 2.84. The minimum absolute atomic E-state index is 0.194. The van der Waals surface area contributed by atoms with Crippen molar-refractivity contribution in [3.8, 4) is 0 Å². The van der Waals surface area contributed by atoms with E-state index in [4.69, 9.17) is 4.18 Å². The molecule has 3 atom stereocenters. The second-order valence-electron chi connectivity index (χ2n) is 6.73. The summed E-state index contributed by atoms with van der Waals surface area (Å²) < 4.78 is 30.5. The van der Waals surface area contributed by atoms with E-state index in [1.165, 1.54) is 0 Å². The van der Waals surface area contributed by atoms with Crippen molar-refractivity contribution in [1.29, 1.82) is 0 Å². The number of hydrogen-bond donors (Lipinski definition) is 0. The van der Waals surface area contributed by atoms with Crippen molar-refractivity contribution in [2.24, 2.45) is 17.8 Å². The maximum absolute atomic E-state index is 12.5. The summed E-state index contributed by atoms with van der Waals surface area (Å²) in [5.41, 5.74) is 1.04. The summed E-state index contributed by atoms with van der Waals surface area (Å²) >= 11 is 0. The fourth-order valence-electron chi connectivity index (χ4n) is 3.15. The summed E-state index contributed by atoms with van der Waals surface area (Å²) in [5.74, 6) is 1.29. The largest absolute Gasteiger partial charge is 0.297 e. The van der Waals surface area contributed by atoms with E-state index in [0.29, 0.717) is 17.8 Å². The second kappa shape index (κ2) is 6.49. The van der Waals surface area contributed by atoms with Crippen LogP contribution in [0.5, 0.6) is 0 Å². The Morgan fingerprint density at radius 2 is 1.76 bits per heavy atom. The predicted molar refractivity (Wildman–Crippen MR) is 84.6 cm³/mol. The molecule has 1 aromatic rings. The first kappa shape index (κ1) is 16.5. The lowest BCUT2D eigenvalue weighted by molar-refractivity contribution is 0.0511. The van der Waals surface area contributed by atoms with Crippen LogP contribution in [-0.2, 0) is 14.3 Å². The molecule has 3 nitrogen and oxygen atoms in total. The van der Waals surface area contributed by atoms with Gasteiger partial charge in [-0.15, -0.1) is 0 Å². The molecule has 1 aromatic carbocycles. The van der Waals surface area contributed by atoms with Crippen molar-refractivity contribution in [3.63, 3.8) is 0 Å². The van der Waals surface area contributed by atoms with Crippen molar-refractivity contribution < 1.29 is 12.6 Å². The van der Waals surface area contributed by atoms with Gasteiger partial charge in [0.1, 0.15) is 0 Å². The van der Waals surface area contributed by atoms with Gasteiger partial charge >= 0.3 is 0 Å². The maximum Gasteiger partial charge on any atom is 0.297 e. The van der Waals surface area contributed by atoms with Gasteiger partial charge in [0.15, 0.2) is 0 Å². The van der Waals surface area contributed by atoms with Gasteiger partial charge in [0.25, 0.3) is 10.1 Å². The molecule has 0 bridgehead atoms. The molecule has 1 saturated carbocycles. The normalized spacial score (nSPS) is 27.0. The van der Waals surface area contributed by atoms with Crippen LogP contribution in [0.3, 0.4) is 0 Å². The first-order chi connectivity index (χ1) is 9.79. The average Bonchev–Trinajstić information content (AvgIpc) is 2.38. The molecule has 2 rings (SSSR count). The lowest BCUT2D eigenvalue weighted by Gasteiger charge is -2.36. The van der Waals surface area contributed by atoms with E-state index in [1.807, 2.05) is 6.92 Å². The molecule has 118 valence electrons.